The summed E-state index contributed by atoms with van der Waals surface area (Å²) < 4.78 is 0. The SMILES string of the molecule is CCN[C@@H](CC)N1CCC(C(=O)O)CC1. The molecule has 0 aromatic heterocycles. The minimum Gasteiger partial charge on any atom is -0.481 e. The number of carboxylic acids is 1. The monoisotopic (exact) mass is 214 g/mol. The third-order valence-electron chi connectivity index (χ3n) is 3.15. The first-order chi connectivity index (χ1) is 7.19. The summed E-state index contributed by atoms with van der Waals surface area (Å²) in [5, 5.41) is 12.3. The van der Waals surface area contributed by atoms with Crippen LogP contribution in [-0.2, 0) is 4.79 Å². The molecule has 4 heteroatoms. The summed E-state index contributed by atoms with van der Waals surface area (Å²) in [6.45, 7) is 7.05. The fourth-order valence-electron chi connectivity index (χ4n) is 2.23. The van der Waals surface area contributed by atoms with Gasteiger partial charge in [0.2, 0.25) is 0 Å². The van der Waals surface area contributed by atoms with Gasteiger partial charge in [-0.05, 0) is 25.8 Å². The van der Waals surface area contributed by atoms with E-state index in [1.54, 1.807) is 0 Å². The van der Waals surface area contributed by atoms with Crippen LogP contribution in [0.25, 0.3) is 0 Å². The molecule has 0 saturated carbocycles. The number of nitrogens with one attached hydrogen (secondary N) is 1. The van der Waals surface area contributed by atoms with Gasteiger partial charge in [-0.25, -0.2) is 0 Å². The van der Waals surface area contributed by atoms with E-state index in [1.807, 2.05) is 0 Å². The van der Waals surface area contributed by atoms with Crippen LogP contribution in [-0.4, -0.2) is 41.8 Å². The Hall–Kier alpha value is -0.610. The number of likely N-dealkylation sites (tertiary alicyclic amines) is 1. The molecule has 0 aliphatic carbocycles. The highest BCUT2D eigenvalue weighted by Gasteiger charge is 2.27. The lowest BCUT2D eigenvalue weighted by Crippen LogP contribution is -2.49. The fraction of sp³-hybridized carbons (Fsp3) is 0.909. The average molecular weight is 214 g/mol. The number of rotatable bonds is 5. The van der Waals surface area contributed by atoms with Crippen LogP contribution in [0, 0.1) is 5.92 Å². The topological polar surface area (TPSA) is 52.6 Å². The number of hydrogen-bond donors (Lipinski definition) is 2. The Bertz CT molecular complexity index is 201. The highest BCUT2D eigenvalue weighted by atomic mass is 16.4. The molecule has 0 radical (unpaired) electrons. The van der Waals surface area contributed by atoms with Gasteiger partial charge in [-0.1, -0.05) is 13.8 Å². The molecule has 0 amide bonds. The van der Waals surface area contributed by atoms with E-state index in [2.05, 4.69) is 24.1 Å². The van der Waals surface area contributed by atoms with Crippen molar-refractivity contribution in [3.63, 3.8) is 0 Å². The van der Waals surface area contributed by atoms with Crippen LogP contribution in [0.2, 0.25) is 0 Å². The summed E-state index contributed by atoms with van der Waals surface area (Å²) in [6, 6.07) is 0. The second-order valence-corrected chi connectivity index (χ2v) is 4.13. The number of carbonyl (C=O) groups is 1. The van der Waals surface area contributed by atoms with E-state index in [0.29, 0.717) is 6.17 Å². The van der Waals surface area contributed by atoms with E-state index in [4.69, 9.17) is 5.11 Å². The zero-order valence-corrected chi connectivity index (χ0v) is 9.70. The maximum Gasteiger partial charge on any atom is 0.306 e. The molecule has 1 aliphatic heterocycles. The summed E-state index contributed by atoms with van der Waals surface area (Å²) in [5.74, 6) is -0.758. The van der Waals surface area contributed by atoms with Crippen LogP contribution >= 0.6 is 0 Å². The minimum absolute atomic E-state index is 0.125. The molecule has 0 bridgehead atoms. The van der Waals surface area contributed by atoms with Crippen LogP contribution in [0.1, 0.15) is 33.1 Å². The van der Waals surface area contributed by atoms with Gasteiger partial charge < -0.3 is 10.4 Å². The van der Waals surface area contributed by atoms with Crippen LogP contribution < -0.4 is 5.32 Å². The molecule has 1 saturated heterocycles. The molecule has 1 fully saturated rings. The van der Waals surface area contributed by atoms with Crippen molar-refractivity contribution in [2.75, 3.05) is 19.6 Å². The molecular weight excluding hydrogens is 192 g/mol. The smallest absolute Gasteiger partial charge is 0.306 e. The van der Waals surface area contributed by atoms with E-state index in [1.165, 1.54) is 0 Å². The predicted molar refractivity (Wildman–Crippen MR) is 59.7 cm³/mol. The van der Waals surface area contributed by atoms with Crippen molar-refractivity contribution in [1.82, 2.24) is 10.2 Å². The number of piperidine rings is 1. The van der Waals surface area contributed by atoms with Crippen molar-refractivity contribution >= 4 is 5.97 Å². The average Bonchev–Trinajstić information content (AvgIpc) is 2.26. The van der Waals surface area contributed by atoms with Crippen molar-refractivity contribution in [1.29, 1.82) is 0 Å². The van der Waals surface area contributed by atoms with E-state index in [-0.39, 0.29) is 5.92 Å². The van der Waals surface area contributed by atoms with Crippen LogP contribution in [0.15, 0.2) is 0 Å². The maximum absolute atomic E-state index is 10.8. The summed E-state index contributed by atoms with van der Waals surface area (Å²) in [7, 11) is 0. The normalized spacial score (nSPS) is 21.5. The maximum atomic E-state index is 10.8. The van der Waals surface area contributed by atoms with Gasteiger partial charge in [0.25, 0.3) is 0 Å². The number of hydrogen-bond acceptors (Lipinski definition) is 3. The molecular formula is C11H22N2O2. The molecule has 1 heterocycles. The molecule has 1 atom stereocenters. The van der Waals surface area contributed by atoms with Gasteiger partial charge >= 0.3 is 5.97 Å². The Morgan fingerprint density at radius 3 is 2.47 bits per heavy atom. The Balaban J connectivity index is 2.38. The summed E-state index contributed by atoms with van der Waals surface area (Å²) in [5.41, 5.74) is 0. The standard InChI is InChI=1S/C11H22N2O2/c1-3-10(12-4-2)13-7-5-9(6-8-13)11(14)15/h9-10,12H,3-8H2,1-2H3,(H,14,15)/t10-/m1/s1. The van der Waals surface area contributed by atoms with E-state index in [0.717, 1.165) is 38.9 Å². The zero-order chi connectivity index (χ0) is 11.3. The van der Waals surface area contributed by atoms with Gasteiger partial charge in [-0.2, -0.15) is 0 Å². The molecule has 2 N–H and O–H groups in total. The molecule has 1 rings (SSSR count). The summed E-state index contributed by atoms with van der Waals surface area (Å²) in [6.07, 6.45) is 3.07. The van der Waals surface area contributed by atoms with Gasteiger partial charge in [-0.3, -0.25) is 9.69 Å². The van der Waals surface area contributed by atoms with Crippen molar-refractivity contribution in [2.24, 2.45) is 5.92 Å². The van der Waals surface area contributed by atoms with Crippen molar-refractivity contribution in [2.45, 2.75) is 39.3 Å². The summed E-state index contributed by atoms with van der Waals surface area (Å²) >= 11 is 0. The first kappa shape index (κ1) is 12.5. The number of aliphatic carboxylic acids is 1. The minimum atomic E-state index is -0.633. The number of carboxylic acid groups (broad SMARTS) is 1. The second kappa shape index (κ2) is 6.08. The highest BCUT2D eigenvalue weighted by molar-refractivity contribution is 5.70. The van der Waals surface area contributed by atoms with E-state index < -0.39 is 5.97 Å². The van der Waals surface area contributed by atoms with Crippen LogP contribution in [0.4, 0.5) is 0 Å². The van der Waals surface area contributed by atoms with Crippen LogP contribution in [0.3, 0.4) is 0 Å². The third kappa shape index (κ3) is 3.47. The van der Waals surface area contributed by atoms with Crippen molar-refractivity contribution in [3.8, 4) is 0 Å². The predicted octanol–water partition coefficient (Wildman–Crippen LogP) is 1.13. The molecule has 88 valence electrons. The first-order valence-corrected chi connectivity index (χ1v) is 5.89. The molecule has 1 aliphatic rings. The van der Waals surface area contributed by atoms with Gasteiger partial charge in [-0.15, -0.1) is 0 Å². The molecule has 0 aromatic carbocycles. The van der Waals surface area contributed by atoms with Crippen LogP contribution in [0.5, 0.6) is 0 Å². The Labute approximate surface area is 91.6 Å². The molecule has 0 aromatic rings. The van der Waals surface area contributed by atoms with E-state index >= 15 is 0 Å². The molecule has 4 nitrogen and oxygen atoms in total. The largest absolute Gasteiger partial charge is 0.481 e. The Kier molecular flexibility index (Phi) is 5.05. The van der Waals surface area contributed by atoms with Gasteiger partial charge in [0.1, 0.15) is 0 Å². The third-order valence-corrected chi connectivity index (χ3v) is 3.15. The lowest BCUT2D eigenvalue weighted by molar-refractivity contribution is -0.143. The Morgan fingerprint density at radius 2 is 2.07 bits per heavy atom. The Morgan fingerprint density at radius 1 is 1.47 bits per heavy atom. The molecule has 0 unspecified atom stereocenters. The van der Waals surface area contributed by atoms with Gasteiger partial charge in [0, 0.05) is 13.1 Å². The number of nitrogens with zero attached hydrogens (tertiary/aromatic N) is 1. The van der Waals surface area contributed by atoms with Crippen molar-refractivity contribution < 1.29 is 9.90 Å². The lowest BCUT2D eigenvalue weighted by atomic mass is 9.96. The fourth-order valence-corrected chi connectivity index (χ4v) is 2.23. The molecule has 15 heavy (non-hydrogen) atoms. The summed E-state index contributed by atoms with van der Waals surface area (Å²) in [4.78, 5) is 13.2. The zero-order valence-electron chi connectivity index (χ0n) is 9.70. The second-order valence-electron chi connectivity index (χ2n) is 4.13. The quantitative estimate of drug-likeness (QED) is 0.720. The van der Waals surface area contributed by atoms with Gasteiger partial charge in [0.05, 0.1) is 12.1 Å². The van der Waals surface area contributed by atoms with Gasteiger partial charge in [0.15, 0.2) is 0 Å². The van der Waals surface area contributed by atoms with E-state index in [9.17, 15) is 4.79 Å². The molecule has 0 spiro atoms. The highest BCUT2D eigenvalue weighted by Crippen LogP contribution is 2.19. The lowest BCUT2D eigenvalue weighted by Gasteiger charge is -2.36. The van der Waals surface area contributed by atoms with Crippen molar-refractivity contribution in [3.05, 3.63) is 0 Å². The first-order valence-electron chi connectivity index (χ1n) is 5.89.